The van der Waals surface area contributed by atoms with Crippen molar-refractivity contribution in [1.82, 2.24) is 9.88 Å². The summed E-state index contributed by atoms with van der Waals surface area (Å²) in [7, 11) is 1.55. The lowest BCUT2D eigenvalue weighted by molar-refractivity contribution is -0.340. The summed E-state index contributed by atoms with van der Waals surface area (Å²) in [6.07, 6.45) is -5.12. The molecule has 0 bridgehead atoms. The molecule has 1 amide bonds. The fraction of sp³-hybridized carbons (Fsp3) is 0.550. The minimum absolute atomic E-state index is 0.0257. The van der Waals surface area contributed by atoms with Crippen molar-refractivity contribution in [3.8, 4) is 5.75 Å². The molecule has 28 heavy (non-hydrogen) atoms. The summed E-state index contributed by atoms with van der Waals surface area (Å²) >= 11 is 0. The number of benzene rings is 1. The molecule has 1 aromatic heterocycles. The van der Waals surface area contributed by atoms with Crippen LogP contribution >= 0.6 is 0 Å². The van der Waals surface area contributed by atoms with E-state index in [0.717, 1.165) is 10.9 Å². The third-order valence-corrected chi connectivity index (χ3v) is 5.81. The molecule has 3 rings (SSSR count). The number of methoxy groups -OCH3 is 1. The van der Waals surface area contributed by atoms with Crippen molar-refractivity contribution < 1.29 is 27.4 Å². The largest absolute Gasteiger partial charge is 0.522 e. The number of H-pyrrole nitrogens is 1. The molecule has 1 saturated heterocycles. The van der Waals surface area contributed by atoms with Gasteiger partial charge in [0.2, 0.25) is 0 Å². The fourth-order valence-electron chi connectivity index (χ4n) is 4.36. The number of rotatable bonds is 5. The molecule has 2 atom stereocenters. The van der Waals surface area contributed by atoms with Crippen LogP contribution < -0.4 is 4.74 Å². The topological polar surface area (TPSA) is 54.6 Å². The lowest BCUT2D eigenvalue weighted by atomic mass is 9.81. The van der Waals surface area contributed by atoms with Crippen molar-refractivity contribution in [3.05, 3.63) is 30.0 Å². The number of ether oxygens (including phenoxy) is 2. The van der Waals surface area contributed by atoms with E-state index in [2.05, 4.69) is 9.72 Å². The van der Waals surface area contributed by atoms with Crippen LogP contribution in [0.3, 0.4) is 0 Å². The second-order valence-corrected chi connectivity index (χ2v) is 7.52. The van der Waals surface area contributed by atoms with Gasteiger partial charge in [-0.25, -0.2) is 0 Å². The minimum Gasteiger partial charge on any atom is -0.496 e. The highest BCUT2D eigenvalue weighted by Gasteiger charge is 2.52. The second kappa shape index (κ2) is 7.31. The van der Waals surface area contributed by atoms with Crippen LogP contribution in [-0.2, 0) is 4.74 Å². The molecule has 0 aliphatic carbocycles. The first-order valence-corrected chi connectivity index (χ1v) is 9.33. The van der Waals surface area contributed by atoms with Crippen molar-refractivity contribution in [3.63, 3.8) is 0 Å². The molecule has 8 heteroatoms. The summed E-state index contributed by atoms with van der Waals surface area (Å²) in [5.74, 6) is 0.266. The number of likely N-dealkylation sites (tertiary alicyclic amines) is 1. The minimum atomic E-state index is -4.73. The summed E-state index contributed by atoms with van der Waals surface area (Å²) < 4.78 is 48.0. The van der Waals surface area contributed by atoms with Crippen LogP contribution in [0.25, 0.3) is 10.9 Å². The molecule has 2 unspecified atom stereocenters. The van der Waals surface area contributed by atoms with Crippen LogP contribution in [-0.4, -0.2) is 47.5 Å². The van der Waals surface area contributed by atoms with Gasteiger partial charge in [0.05, 0.1) is 13.2 Å². The van der Waals surface area contributed by atoms with Gasteiger partial charge >= 0.3 is 6.36 Å². The summed E-state index contributed by atoms with van der Waals surface area (Å²) in [6.45, 7) is 5.64. The zero-order valence-electron chi connectivity index (χ0n) is 16.4. The van der Waals surface area contributed by atoms with E-state index < -0.39 is 18.0 Å². The number of hydrogen-bond donors (Lipinski definition) is 1. The molecule has 2 aromatic rings. The van der Waals surface area contributed by atoms with Crippen LogP contribution in [0.4, 0.5) is 13.2 Å². The molecule has 2 heterocycles. The molecular formula is C20H25F3N2O3. The predicted octanol–water partition coefficient (Wildman–Crippen LogP) is 4.73. The lowest BCUT2D eigenvalue weighted by Gasteiger charge is -2.41. The predicted molar refractivity (Wildman–Crippen MR) is 99.3 cm³/mol. The summed E-state index contributed by atoms with van der Waals surface area (Å²) in [6, 6.07) is 7.11. The van der Waals surface area contributed by atoms with Gasteiger partial charge in [0.15, 0.2) is 0 Å². The number of hydrogen-bond acceptors (Lipinski definition) is 3. The fourth-order valence-corrected chi connectivity index (χ4v) is 4.36. The maximum atomic E-state index is 13.3. The zero-order chi connectivity index (χ0) is 20.7. The first kappa shape index (κ1) is 20.5. The molecule has 1 aliphatic heterocycles. The van der Waals surface area contributed by atoms with Crippen molar-refractivity contribution in [2.75, 3.05) is 13.7 Å². The van der Waals surface area contributed by atoms with Gasteiger partial charge in [-0.05, 0) is 37.0 Å². The Morgan fingerprint density at radius 1 is 1.39 bits per heavy atom. The number of alkyl halides is 3. The summed E-state index contributed by atoms with van der Waals surface area (Å²) in [5.41, 5.74) is 0.358. The Balaban J connectivity index is 1.98. The van der Waals surface area contributed by atoms with E-state index in [1.54, 1.807) is 30.2 Å². The SMILES string of the molecule is CCC1(C(C)C)CC(OC(F)(F)F)CN1C(=O)c1cc2c(OC)cccc2[nH]1. The number of amides is 1. The number of aromatic nitrogens is 1. The van der Waals surface area contributed by atoms with E-state index in [0.29, 0.717) is 17.9 Å². The third kappa shape index (κ3) is 3.57. The molecular weight excluding hydrogens is 373 g/mol. The summed E-state index contributed by atoms with van der Waals surface area (Å²) in [4.78, 5) is 17.9. The van der Waals surface area contributed by atoms with Crippen molar-refractivity contribution >= 4 is 16.8 Å². The highest BCUT2D eigenvalue weighted by molar-refractivity contribution is 6.00. The van der Waals surface area contributed by atoms with Crippen LogP contribution in [0.2, 0.25) is 0 Å². The number of fused-ring (bicyclic) bond motifs is 1. The van der Waals surface area contributed by atoms with E-state index >= 15 is 0 Å². The standard InChI is InChI=1S/C20H25F3N2O3/c1-5-19(12(2)3)10-13(28-20(21,22)23)11-25(19)18(26)16-9-14-15(24-16)7-6-8-17(14)27-4/h6-9,12-13,24H,5,10-11H2,1-4H3. The van der Waals surface area contributed by atoms with Crippen LogP contribution in [0, 0.1) is 5.92 Å². The summed E-state index contributed by atoms with van der Waals surface area (Å²) in [5, 5.41) is 0.752. The van der Waals surface area contributed by atoms with Gasteiger partial charge < -0.3 is 14.6 Å². The van der Waals surface area contributed by atoms with Crippen molar-refractivity contribution in [2.24, 2.45) is 5.92 Å². The zero-order valence-corrected chi connectivity index (χ0v) is 16.4. The maximum Gasteiger partial charge on any atom is 0.522 e. The van der Waals surface area contributed by atoms with Gasteiger partial charge in [-0.1, -0.05) is 26.8 Å². The number of nitrogens with zero attached hydrogens (tertiary/aromatic N) is 1. The van der Waals surface area contributed by atoms with E-state index in [9.17, 15) is 18.0 Å². The lowest BCUT2D eigenvalue weighted by Crippen LogP contribution is -2.50. The van der Waals surface area contributed by atoms with Crippen molar-refractivity contribution in [1.29, 1.82) is 0 Å². The maximum absolute atomic E-state index is 13.3. The molecule has 1 fully saturated rings. The normalized spacial score (nSPS) is 23.0. The van der Waals surface area contributed by atoms with E-state index in [1.807, 2.05) is 26.8 Å². The Hall–Kier alpha value is -2.22. The third-order valence-electron chi connectivity index (χ3n) is 5.81. The van der Waals surface area contributed by atoms with Crippen molar-refractivity contribution in [2.45, 2.75) is 51.6 Å². The average molecular weight is 398 g/mol. The van der Waals surface area contributed by atoms with E-state index in [-0.39, 0.29) is 24.8 Å². The average Bonchev–Trinajstić information content (AvgIpc) is 3.21. The van der Waals surface area contributed by atoms with E-state index in [1.165, 1.54) is 0 Å². The van der Waals surface area contributed by atoms with Crippen LogP contribution in [0.1, 0.15) is 44.1 Å². The molecule has 1 aliphatic rings. The van der Waals surface area contributed by atoms with E-state index in [4.69, 9.17) is 4.74 Å². The molecule has 0 radical (unpaired) electrons. The molecule has 0 saturated carbocycles. The molecule has 1 aromatic carbocycles. The van der Waals surface area contributed by atoms with Crippen LogP contribution in [0.15, 0.2) is 24.3 Å². The van der Waals surface area contributed by atoms with Gasteiger partial charge in [0.1, 0.15) is 11.4 Å². The molecule has 1 N–H and O–H groups in total. The number of carbonyl (C=O) groups is 1. The molecule has 0 spiro atoms. The number of halogens is 3. The number of nitrogens with one attached hydrogen (secondary N) is 1. The van der Waals surface area contributed by atoms with Gasteiger partial charge in [-0.2, -0.15) is 0 Å². The van der Waals surface area contributed by atoms with Gasteiger partial charge in [0.25, 0.3) is 5.91 Å². The van der Waals surface area contributed by atoms with Gasteiger partial charge in [0, 0.05) is 23.0 Å². The quantitative estimate of drug-likeness (QED) is 0.792. The Labute approximate surface area is 161 Å². The first-order chi connectivity index (χ1) is 13.1. The Morgan fingerprint density at radius 3 is 2.68 bits per heavy atom. The van der Waals surface area contributed by atoms with Gasteiger partial charge in [-0.3, -0.25) is 9.53 Å². The smallest absolute Gasteiger partial charge is 0.496 e. The number of carbonyl (C=O) groups excluding carboxylic acids is 1. The monoisotopic (exact) mass is 398 g/mol. The molecule has 154 valence electrons. The molecule has 5 nitrogen and oxygen atoms in total. The Bertz CT molecular complexity index is 862. The highest BCUT2D eigenvalue weighted by Crippen LogP contribution is 2.42. The number of aromatic amines is 1. The Kier molecular flexibility index (Phi) is 5.36. The Morgan fingerprint density at radius 2 is 2.11 bits per heavy atom. The first-order valence-electron chi connectivity index (χ1n) is 9.33. The highest BCUT2D eigenvalue weighted by atomic mass is 19.4. The van der Waals surface area contributed by atoms with Crippen LogP contribution in [0.5, 0.6) is 5.75 Å². The second-order valence-electron chi connectivity index (χ2n) is 7.52. The van der Waals surface area contributed by atoms with Gasteiger partial charge in [-0.15, -0.1) is 13.2 Å².